The van der Waals surface area contributed by atoms with Gasteiger partial charge in [-0.2, -0.15) is 0 Å². The highest BCUT2D eigenvalue weighted by Crippen LogP contribution is 2.35. The zero-order valence-corrected chi connectivity index (χ0v) is 16.6. The number of hydrogen-bond donors (Lipinski definition) is 2. The smallest absolute Gasteiger partial charge is 0.225 e. The Kier molecular flexibility index (Phi) is 5.56. The molecule has 4 rings (SSSR count). The Morgan fingerprint density at radius 1 is 1.17 bits per heavy atom. The molecule has 2 aromatic heterocycles. The third kappa shape index (κ3) is 4.14. The van der Waals surface area contributed by atoms with Crippen molar-refractivity contribution in [2.24, 2.45) is 0 Å². The second kappa shape index (κ2) is 8.43. The van der Waals surface area contributed by atoms with Crippen LogP contribution in [-0.2, 0) is 17.6 Å². The van der Waals surface area contributed by atoms with Gasteiger partial charge < -0.3 is 10.3 Å². The maximum absolute atomic E-state index is 12.7. The maximum Gasteiger partial charge on any atom is 0.225 e. The second-order valence-corrected chi connectivity index (χ2v) is 7.50. The van der Waals surface area contributed by atoms with Gasteiger partial charge in [0.15, 0.2) is 5.78 Å². The first-order valence-electron chi connectivity index (χ1n) is 10.2. The van der Waals surface area contributed by atoms with Crippen LogP contribution < -0.4 is 5.32 Å². The average molecular weight is 387 g/mol. The molecule has 1 aliphatic carbocycles. The van der Waals surface area contributed by atoms with E-state index >= 15 is 0 Å². The van der Waals surface area contributed by atoms with E-state index < -0.39 is 0 Å². The lowest BCUT2D eigenvalue weighted by Gasteiger charge is -2.12. The van der Waals surface area contributed by atoms with E-state index in [0.717, 1.165) is 47.3 Å². The standard InChI is InChI=1S/C24H25N3O2/c1-2-7-22(29)27-21-15-17(12-13-25-21)24-18(14-16-8-4-3-5-9-16)23-19(26-24)10-6-11-20(23)28/h3-5,8-9,12-13,15,26H,2,6-7,10-11,14H2,1H3,(H,25,27,29). The fourth-order valence-corrected chi connectivity index (χ4v) is 3.98. The Morgan fingerprint density at radius 3 is 2.79 bits per heavy atom. The van der Waals surface area contributed by atoms with E-state index in [9.17, 15) is 9.59 Å². The zero-order valence-electron chi connectivity index (χ0n) is 16.6. The van der Waals surface area contributed by atoms with E-state index in [0.29, 0.717) is 25.1 Å². The van der Waals surface area contributed by atoms with Crippen molar-refractivity contribution in [2.45, 2.75) is 45.4 Å². The number of fused-ring (bicyclic) bond motifs is 1. The van der Waals surface area contributed by atoms with Crippen molar-refractivity contribution in [1.82, 2.24) is 9.97 Å². The number of aromatic amines is 1. The van der Waals surface area contributed by atoms with E-state index in [1.54, 1.807) is 6.20 Å². The number of nitrogens with zero attached hydrogens (tertiary/aromatic N) is 1. The molecule has 0 spiro atoms. The number of rotatable bonds is 6. The summed E-state index contributed by atoms with van der Waals surface area (Å²) in [6.07, 6.45) is 6.01. The minimum absolute atomic E-state index is 0.0392. The SMILES string of the molecule is CCCC(=O)Nc1cc(-c2[nH]c3c(c2Cc2ccccc2)C(=O)CCC3)ccn1. The summed E-state index contributed by atoms with van der Waals surface area (Å²) in [5, 5.41) is 2.86. The molecule has 0 bridgehead atoms. The molecule has 2 N–H and O–H groups in total. The van der Waals surface area contributed by atoms with Gasteiger partial charge >= 0.3 is 0 Å². The molecule has 5 heteroatoms. The number of amides is 1. The minimum Gasteiger partial charge on any atom is -0.358 e. The largest absolute Gasteiger partial charge is 0.358 e. The van der Waals surface area contributed by atoms with E-state index in [1.807, 2.05) is 37.3 Å². The number of Topliss-reactive ketones (excluding diaryl/α,β-unsaturated/α-hetero) is 1. The van der Waals surface area contributed by atoms with Crippen LogP contribution in [0.5, 0.6) is 0 Å². The van der Waals surface area contributed by atoms with Crippen LogP contribution in [0.3, 0.4) is 0 Å². The van der Waals surface area contributed by atoms with Gasteiger partial charge in [-0.1, -0.05) is 37.3 Å². The molecule has 0 saturated carbocycles. The quantitative estimate of drug-likeness (QED) is 0.630. The maximum atomic E-state index is 12.7. The summed E-state index contributed by atoms with van der Waals surface area (Å²) in [6, 6.07) is 14.0. The topological polar surface area (TPSA) is 74.8 Å². The number of aryl methyl sites for hydroxylation is 1. The Balaban J connectivity index is 1.75. The van der Waals surface area contributed by atoms with Crippen molar-refractivity contribution in [2.75, 3.05) is 5.32 Å². The number of benzene rings is 1. The van der Waals surface area contributed by atoms with Crippen LogP contribution in [0.2, 0.25) is 0 Å². The van der Waals surface area contributed by atoms with Crippen molar-refractivity contribution in [3.8, 4) is 11.3 Å². The Labute approximate surface area is 170 Å². The number of ketones is 1. The zero-order chi connectivity index (χ0) is 20.2. The highest BCUT2D eigenvalue weighted by Gasteiger charge is 2.26. The minimum atomic E-state index is -0.0392. The summed E-state index contributed by atoms with van der Waals surface area (Å²) in [4.78, 5) is 32.5. The van der Waals surface area contributed by atoms with Crippen LogP contribution in [0, 0.1) is 0 Å². The van der Waals surface area contributed by atoms with Gasteiger partial charge in [0.2, 0.25) is 5.91 Å². The van der Waals surface area contributed by atoms with Crippen molar-refractivity contribution in [3.63, 3.8) is 0 Å². The van der Waals surface area contributed by atoms with E-state index in [4.69, 9.17) is 0 Å². The van der Waals surface area contributed by atoms with Crippen LogP contribution in [0.15, 0.2) is 48.7 Å². The summed E-state index contributed by atoms with van der Waals surface area (Å²) in [6.45, 7) is 1.97. The molecule has 0 fully saturated rings. The molecule has 3 aromatic rings. The molecule has 1 aromatic carbocycles. The summed E-state index contributed by atoms with van der Waals surface area (Å²) >= 11 is 0. The molecule has 0 saturated heterocycles. The highest BCUT2D eigenvalue weighted by molar-refractivity contribution is 6.01. The third-order valence-corrected chi connectivity index (χ3v) is 5.31. The predicted octanol–water partition coefficient (Wildman–Crippen LogP) is 4.93. The Bertz CT molecular complexity index is 1040. The molecular formula is C24H25N3O2. The van der Waals surface area contributed by atoms with Crippen molar-refractivity contribution in [3.05, 3.63) is 71.0 Å². The van der Waals surface area contributed by atoms with E-state index in [1.165, 1.54) is 5.56 Å². The second-order valence-electron chi connectivity index (χ2n) is 7.50. The van der Waals surface area contributed by atoms with E-state index in [2.05, 4.69) is 27.4 Å². The number of carbonyl (C=O) groups excluding carboxylic acids is 2. The van der Waals surface area contributed by atoms with Gasteiger partial charge in [0.05, 0.1) is 5.69 Å². The Morgan fingerprint density at radius 2 is 2.00 bits per heavy atom. The first-order valence-corrected chi connectivity index (χ1v) is 10.2. The number of aromatic nitrogens is 2. The lowest BCUT2D eigenvalue weighted by molar-refractivity contribution is -0.116. The van der Waals surface area contributed by atoms with Gasteiger partial charge in [0.1, 0.15) is 5.82 Å². The van der Waals surface area contributed by atoms with Gasteiger partial charge in [-0.3, -0.25) is 9.59 Å². The highest BCUT2D eigenvalue weighted by atomic mass is 16.1. The Hall–Kier alpha value is -3.21. The fourth-order valence-electron chi connectivity index (χ4n) is 3.98. The fraction of sp³-hybridized carbons (Fsp3) is 0.292. The number of carbonyl (C=O) groups is 2. The summed E-state index contributed by atoms with van der Waals surface area (Å²) < 4.78 is 0. The lowest BCUT2D eigenvalue weighted by Crippen LogP contribution is -2.11. The molecule has 1 amide bonds. The average Bonchev–Trinajstić information content (AvgIpc) is 3.09. The van der Waals surface area contributed by atoms with Crippen molar-refractivity contribution < 1.29 is 9.59 Å². The molecule has 1 aliphatic rings. The van der Waals surface area contributed by atoms with Crippen LogP contribution in [-0.4, -0.2) is 21.7 Å². The van der Waals surface area contributed by atoms with Crippen LogP contribution in [0.4, 0.5) is 5.82 Å². The number of anilines is 1. The summed E-state index contributed by atoms with van der Waals surface area (Å²) in [5.41, 5.74) is 5.95. The monoisotopic (exact) mass is 387 g/mol. The van der Waals surface area contributed by atoms with Gasteiger partial charge in [0.25, 0.3) is 0 Å². The molecular weight excluding hydrogens is 362 g/mol. The molecule has 0 atom stereocenters. The van der Waals surface area contributed by atoms with Crippen LogP contribution in [0.25, 0.3) is 11.3 Å². The number of H-pyrrole nitrogens is 1. The number of hydrogen-bond acceptors (Lipinski definition) is 3. The first kappa shape index (κ1) is 19.1. The number of pyridine rings is 1. The van der Waals surface area contributed by atoms with Crippen molar-refractivity contribution in [1.29, 1.82) is 0 Å². The van der Waals surface area contributed by atoms with Gasteiger partial charge in [0, 0.05) is 42.3 Å². The van der Waals surface area contributed by atoms with Gasteiger partial charge in [-0.05, 0) is 42.5 Å². The summed E-state index contributed by atoms with van der Waals surface area (Å²) in [5.74, 6) is 0.707. The molecule has 5 nitrogen and oxygen atoms in total. The summed E-state index contributed by atoms with van der Waals surface area (Å²) in [7, 11) is 0. The molecule has 148 valence electrons. The third-order valence-electron chi connectivity index (χ3n) is 5.31. The molecule has 0 radical (unpaired) electrons. The van der Waals surface area contributed by atoms with Gasteiger partial charge in [-0.15, -0.1) is 0 Å². The van der Waals surface area contributed by atoms with Gasteiger partial charge in [-0.25, -0.2) is 4.98 Å². The van der Waals surface area contributed by atoms with Crippen molar-refractivity contribution >= 4 is 17.5 Å². The number of nitrogens with one attached hydrogen (secondary N) is 2. The normalized spacial score (nSPS) is 13.2. The molecule has 0 unspecified atom stereocenters. The molecule has 0 aliphatic heterocycles. The predicted molar refractivity (Wildman–Crippen MR) is 114 cm³/mol. The molecule has 29 heavy (non-hydrogen) atoms. The lowest BCUT2D eigenvalue weighted by atomic mass is 9.90. The first-order chi connectivity index (χ1) is 14.2. The van der Waals surface area contributed by atoms with Crippen LogP contribution in [0.1, 0.15) is 59.8 Å². The van der Waals surface area contributed by atoms with E-state index in [-0.39, 0.29) is 11.7 Å². The van der Waals surface area contributed by atoms with Crippen LogP contribution >= 0.6 is 0 Å². The molecule has 2 heterocycles.